The molecule has 3 rings (SSSR count). The van der Waals surface area contributed by atoms with Crippen LogP contribution in [0.25, 0.3) is 0 Å². The first-order valence-corrected chi connectivity index (χ1v) is 6.21. The fourth-order valence-electron chi connectivity index (χ4n) is 2.29. The summed E-state index contributed by atoms with van der Waals surface area (Å²) in [6.45, 7) is 0. The van der Waals surface area contributed by atoms with E-state index >= 15 is 0 Å². The number of carbonyl (C=O) groups excluding carboxylic acids is 1. The highest BCUT2D eigenvalue weighted by Crippen LogP contribution is 2.39. The van der Waals surface area contributed by atoms with Crippen LogP contribution in [-0.4, -0.2) is 37.1 Å². The first kappa shape index (κ1) is 12.4. The van der Waals surface area contributed by atoms with Gasteiger partial charge in [-0.1, -0.05) is 0 Å². The van der Waals surface area contributed by atoms with Gasteiger partial charge in [-0.3, -0.25) is 9.89 Å². The van der Waals surface area contributed by atoms with E-state index in [9.17, 15) is 9.59 Å². The number of hydrogen-bond donors (Lipinski definition) is 4. The van der Waals surface area contributed by atoms with Crippen molar-refractivity contribution in [3.8, 4) is 0 Å². The lowest BCUT2D eigenvalue weighted by Gasteiger charge is -2.40. The van der Waals surface area contributed by atoms with Gasteiger partial charge in [0.15, 0.2) is 0 Å². The van der Waals surface area contributed by atoms with Crippen molar-refractivity contribution in [3.05, 3.63) is 35.7 Å². The number of carboxylic acid groups (broad SMARTS) is 1. The molecule has 0 aliphatic heterocycles. The Morgan fingerprint density at radius 2 is 2.15 bits per heavy atom. The van der Waals surface area contributed by atoms with Gasteiger partial charge in [-0.15, -0.1) is 0 Å². The number of aromatic nitrogens is 4. The molecule has 1 amide bonds. The quantitative estimate of drug-likeness (QED) is 0.652. The van der Waals surface area contributed by atoms with E-state index in [0.29, 0.717) is 11.5 Å². The molecule has 1 saturated carbocycles. The number of carboxylic acids is 1. The van der Waals surface area contributed by atoms with Gasteiger partial charge in [0.1, 0.15) is 17.2 Å². The van der Waals surface area contributed by atoms with Crippen LogP contribution in [0.4, 0.5) is 0 Å². The number of H-pyrrole nitrogens is 2. The highest BCUT2D eigenvalue weighted by Gasteiger charge is 2.43. The number of aromatic carboxylic acids is 1. The minimum Gasteiger partial charge on any atom is -0.477 e. The van der Waals surface area contributed by atoms with E-state index < -0.39 is 11.5 Å². The van der Waals surface area contributed by atoms with Crippen molar-refractivity contribution in [1.82, 2.24) is 25.5 Å². The monoisotopic (exact) mass is 275 g/mol. The Morgan fingerprint density at radius 1 is 1.35 bits per heavy atom. The summed E-state index contributed by atoms with van der Waals surface area (Å²) in [5, 5.41) is 18.1. The number of nitrogens with one attached hydrogen (secondary N) is 3. The summed E-state index contributed by atoms with van der Waals surface area (Å²) in [6.07, 6.45) is 5.16. The van der Waals surface area contributed by atoms with Crippen molar-refractivity contribution in [2.45, 2.75) is 24.8 Å². The molecule has 1 aliphatic rings. The van der Waals surface area contributed by atoms with Crippen LogP contribution in [0.2, 0.25) is 0 Å². The molecule has 1 fully saturated rings. The van der Waals surface area contributed by atoms with Gasteiger partial charge >= 0.3 is 5.97 Å². The fraction of sp³-hybridized carbons (Fsp3) is 0.333. The molecule has 2 aromatic rings. The van der Waals surface area contributed by atoms with E-state index in [4.69, 9.17) is 5.11 Å². The molecule has 8 nitrogen and oxygen atoms in total. The zero-order valence-electron chi connectivity index (χ0n) is 10.5. The van der Waals surface area contributed by atoms with Crippen LogP contribution in [0.3, 0.4) is 0 Å². The van der Waals surface area contributed by atoms with Crippen molar-refractivity contribution in [3.63, 3.8) is 0 Å². The normalized spacial score (nSPS) is 16.4. The predicted molar refractivity (Wildman–Crippen MR) is 67.1 cm³/mol. The molecular formula is C12H13N5O3. The molecule has 0 spiro atoms. The molecule has 0 bridgehead atoms. The van der Waals surface area contributed by atoms with Gasteiger partial charge in [0.25, 0.3) is 5.91 Å². The molecule has 1 aliphatic carbocycles. The minimum absolute atomic E-state index is 0.0158. The van der Waals surface area contributed by atoms with E-state index in [1.165, 1.54) is 12.4 Å². The number of nitrogens with zero attached hydrogens (tertiary/aromatic N) is 2. The molecule has 104 valence electrons. The molecule has 0 aromatic carbocycles. The lowest BCUT2D eigenvalue weighted by molar-refractivity contribution is 0.0690. The lowest BCUT2D eigenvalue weighted by Crippen LogP contribution is -2.51. The zero-order valence-corrected chi connectivity index (χ0v) is 10.5. The smallest absolute Gasteiger partial charge is 0.353 e. The van der Waals surface area contributed by atoms with Gasteiger partial charge in [0, 0.05) is 6.20 Å². The lowest BCUT2D eigenvalue weighted by atomic mass is 9.76. The average molecular weight is 275 g/mol. The Labute approximate surface area is 113 Å². The predicted octanol–water partition coefficient (Wildman–Crippen LogP) is 0.640. The number of hydrogen-bond acceptors (Lipinski definition) is 4. The topological polar surface area (TPSA) is 124 Å². The Balaban J connectivity index is 1.83. The van der Waals surface area contributed by atoms with Crippen molar-refractivity contribution in [2.24, 2.45) is 0 Å². The van der Waals surface area contributed by atoms with Crippen molar-refractivity contribution >= 4 is 11.9 Å². The van der Waals surface area contributed by atoms with E-state index in [-0.39, 0.29) is 11.6 Å². The Hall–Kier alpha value is -2.64. The van der Waals surface area contributed by atoms with Crippen molar-refractivity contribution in [1.29, 1.82) is 0 Å². The largest absolute Gasteiger partial charge is 0.477 e. The summed E-state index contributed by atoms with van der Waals surface area (Å²) in [5.41, 5.74) is -0.237. The first-order valence-electron chi connectivity index (χ1n) is 6.21. The third-order valence-corrected chi connectivity index (χ3v) is 3.56. The highest BCUT2D eigenvalue weighted by molar-refractivity contribution is 5.92. The molecule has 0 atom stereocenters. The Bertz CT molecular complexity index is 642. The van der Waals surface area contributed by atoms with E-state index in [1.807, 2.05) is 0 Å². The van der Waals surface area contributed by atoms with E-state index in [2.05, 4.69) is 25.5 Å². The maximum absolute atomic E-state index is 12.1. The van der Waals surface area contributed by atoms with Crippen molar-refractivity contribution in [2.75, 3.05) is 0 Å². The second kappa shape index (κ2) is 4.48. The number of rotatable bonds is 4. The summed E-state index contributed by atoms with van der Waals surface area (Å²) < 4.78 is 0. The van der Waals surface area contributed by atoms with Crippen LogP contribution in [0.15, 0.2) is 18.5 Å². The third-order valence-electron chi connectivity index (χ3n) is 3.56. The van der Waals surface area contributed by atoms with Gasteiger partial charge in [-0.2, -0.15) is 5.10 Å². The minimum atomic E-state index is -1.07. The fourth-order valence-corrected chi connectivity index (χ4v) is 2.29. The average Bonchev–Trinajstić information content (AvgIpc) is 3.03. The summed E-state index contributed by atoms with van der Waals surface area (Å²) in [7, 11) is 0. The van der Waals surface area contributed by atoms with Crippen LogP contribution in [-0.2, 0) is 5.54 Å². The molecule has 20 heavy (non-hydrogen) atoms. The molecule has 4 N–H and O–H groups in total. The molecule has 0 saturated heterocycles. The van der Waals surface area contributed by atoms with Gasteiger partial charge in [-0.25, -0.2) is 9.78 Å². The summed E-state index contributed by atoms with van der Waals surface area (Å²) in [4.78, 5) is 29.8. The van der Waals surface area contributed by atoms with Gasteiger partial charge in [0.2, 0.25) is 0 Å². The standard InChI is InChI=1S/C12H13N5O3/c18-9(7-2-5-14-17-7)16-12(3-1-4-12)11-13-6-8(15-11)10(19)20/h2,5-6H,1,3-4H2,(H,13,15)(H,14,17)(H,16,18)(H,19,20). The van der Waals surface area contributed by atoms with Crippen LogP contribution >= 0.6 is 0 Å². The maximum atomic E-state index is 12.1. The van der Waals surface area contributed by atoms with Crippen LogP contribution in [0, 0.1) is 0 Å². The number of amides is 1. The van der Waals surface area contributed by atoms with Crippen LogP contribution < -0.4 is 5.32 Å². The van der Waals surface area contributed by atoms with Crippen LogP contribution in [0.1, 0.15) is 46.1 Å². The molecular weight excluding hydrogens is 262 g/mol. The molecule has 0 unspecified atom stereocenters. The van der Waals surface area contributed by atoms with E-state index in [1.54, 1.807) is 6.07 Å². The summed E-state index contributed by atoms with van der Waals surface area (Å²) in [5.74, 6) is -0.873. The third kappa shape index (κ3) is 1.94. The van der Waals surface area contributed by atoms with Gasteiger partial charge in [-0.05, 0) is 25.3 Å². The first-order chi connectivity index (χ1) is 9.61. The SMILES string of the molecule is O=C(O)c1cnc(C2(NC(=O)c3ccn[nH]3)CCC2)[nH]1. The molecule has 2 heterocycles. The molecule has 8 heteroatoms. The Morgan fingerprint density at radius 3 is 2.65 bits per heavy atom. The number of carbonyl (C=O) groups is 2. The molecule has 2 aromatic heterocycles. The molecule has 0 radical (unpaired) electrons. The zero-order chi connectivity index (χ0) is 14.2. The van der Waals surface area contributed by atoms with Crippen molar-refractivity contribution < 1.29 is 14.7 Å². The van der Waals surface area contributed by atoms with Gasteiger partial charge in [0.05, 0.1) is 11.7 Å². The second-order valence-electron chi connectivity index (χ2n) is 4.81. The van der Waals surface area contributed by atoms with E-state index in [0.717, 1.165) is 19.3 Å². The summed E-state index contributed by atoms with van der Waals surface area (Å²) in [6, 6.07) is 1.58. The second-order valence-corrected chi connectivity index (χ2v) is 4.81. The van der Waals surface area contributed by atoms with Gasteiger partial charge < -0.3 is 15.4 Å². The maximum Gasteiger partial charge on any atom is 0.353 e. The number of aromatic amines is 2. The Kier molecular flexibility index (Phi) is 2.78. The highest BCUT2D eigenvalue weighted by atomic mass is 16.4. The summed E-state index contributed by atoms with van der Waals surface area (Å²) >= 11 is 0. The van der Waals surface area contributed by atoms with Crippen LogP contribution in [0.5, 0.6) is 0 Å². The number of imidazole rings is 1.